The molecule has 7 nitrogen and oxygen atoms in total. The number of nitrogens with zero attached hydrogens (tertiary/aromatic N) is 1. The van der Waals surface area contributed by atoms with Gasteiger partial charge in [-0.2, -0.15) is 0 Å². The molecule has 4 rings (SSSR count). The Morgan fingerprint density at radius 1 is 1.33 bits per heavy atom. The van der Waals surface area contributed by atoms with Crippen molar-refractivity contribution in [2.45, 2.75) is 50.5 Å². The van der Waals surface area contributed by atoms with Gasteiger partial charge in [0.2, 0.25) is 0 Å². The van der Waals surface area contributed by atoms with Crippen LogP contribution in [0.1, 0.15) is 49.3 Å². The highest BCUT2D eigenvalue weighted by atomic mass is 16.5. The van der Waals surface area contributed by atoms with E-state index in [9.17, 15) is 14.7 Å². The van der Waals surface area contributed by atoms with E-state index in [1.807, 2.05) is 13.0 Å². The Bertz CT molecular complexity index is 1010. The molecule has 0 spiro atoms. The molecule has 1 aliphatic heterocycles. The molecule has 33 heavy (non-hydrogen) atoms. The number of rotatable bonds is 7. The van der Waals surface area contributed by atoms with Crippen molar-refractivity contribution < 1.29 is 28.9 Å². The van der Waals surface area contributed by atoms with Crippen molar-refractivity contribution >= 4 is 17.8 Å². The van der Waals surface area contributed by atoms with Crippen LogP contribution in [0.3, 0.4) is 0 Å². The number of ketones is 1. The second kappa shape index (κ2) is 9.21. The largest absolute Gasteiger partial charge is 0.504 e. The van der Waals surface area contributed by atoms with E-state index in [2.05, 4.69) is 11.9 Å². The van der Waals surface area contributed by atoms with Gasteiger partial charge in [-0.05, 0) is 62.2 Å². The molecule has 7 heteroatoms. The molecule has 0 unspecified atom stereocenters. The maximum atomic E-state index is 13.0. The summed E-state index contributed by atoms with van der Waals surface area (Å²) in [5.74, 6) is 0.414. The van der Waals surface area contributed by atoms with E-state index in [0.717, 1.165) is 42.5 Å². The van der Waals surface area contributed by atoms with Crippen LogP contribution in [0.4, 0.5) is 0 Å². The molecule has 1 saturated heterocycles. The Morgan fingerprint density at radius 2 is 2.12 bits per heavy atom. The lowest BCUT2D eigenvalue weighted by Crippen LogP contribution is -2.60. The first kappa shape index (κ1) is 23.4. The number of Topliss-reactive ketones (excluding diaryl/α,β-unsaturated/α-hetero) is 1. The number of carbonyl (C=O) groups is 2. The molecule has 1 heterocycles. The maximum Gasteiger partial charge on any atom is 0.330 e. The first-order chi connectivity index (χ1) is 15.9. The zero-order valence-electron chi connectivity index (χ0n) is 19.8. The lowest BCUT2D eigenvalue weighted by Gasteiger charge is -2.56. The minimum Gasteiger partial charge on any atom is -0.504 e. The van der Waals surface area contributed by atoms with E-state index in [-0.39, 0.29) is 29.9 Å². The number of piperidine rings is 1. The standard InChI is InChI=1S/C26H33NO6/c1-5-6-11-33-23(29)8-7-16-12-22(32-4)25(30)24-17(16)13-19-18-14-21(31-3)20(28)15-26(18,24)9-10-27(19)2/h7-8,12,14,18-19,30H,5-6,9-11,13,15H2,1-4H3/b8-7+/t18-,19+,26-/m0/s1. The number of likely N-dealkylation sites (tertiary alicyclic amines) is 1. The molecule has 2 bridgehead atoms. The molecule has 1 aromatic carbocycles. The van der Waals surface area contributed by atoms with Crippen molar-refractivity contribution in [1.29, 1.82) is 0 Å². The molecule has 0 radical (unpaired) electrons. The number of esters is 1. The molecule has 178 valence electrons. The third kappa shape index (κ3) is 3.92. The zero-order valence-corrected chi connectivity index (χ0v) is 19.8. The molecule has 3 aliphatic rings. The van der Waals surface area contributed by atoms with Crippen LogP contribution in [0.2, 0.25) is 0 Å². The van der Waals surface area contributed by atoms with E-state index in [1.165, 1.54) is 20.3 Å². The van der Waals surface area contributed by atoms with Crippen LogP contribution in [-0.2, 0) is 30.9 Å². The van der Waals surface area contributed by atoms with Gasteiger partial charge >= 0.3 is 5.97 Å². The Kier molecular flexibility index (Phi) is 6.52. The average molecular weight is 456 g/mol. The summed E-state index contributed by atoms with van der Waals surface area (Å²) in [6.07, 6.45) is 8.59. The van der Waals surface area contributed by atoms with Gasteiger partial charge in [-0.1, -0.05) is 13.3 Å². The van der Waals surface area contributed by atoms with Crippen LogP contribution >= 0.6 is 0 Å². The summed E-state index contributed by atoms with van der Waals surface area (Å²) in [5, 5.41) is 11.3. The number of carbonyl (C=O) groups excluding carboxylic acids is 2. The van der Waals surface area contributed by atoms with Gasteiger partial charge < -0.3 is 24.2 Å². The first-order valence-electron chi connectivity index (χ1n) is 11.6. The smallest absolute Gasteiger partial charge is 0.330 e. The highest BCUT2D eigenvalue weighted by molar-refractivity contribution is 5.96. The van der Waals surface area contributed by atoms with Crippen molar-refractivity contribution in [3.05, 3.63) is 40.7 Å². The van der Waals surface area contributed by atoms with E-state index < -0.39 is 11.4 Å². The van der Waals surface area contributed by atoms with Gasteiger partial charge in [-0.15, -0.1) is 0 Å². The summed E-state index contributed by atoms with van der Waals surface area (Å²) in [4.78, 5) is 27.5. The zero-order chi connectivity index (χ0) is 23.8. The number of unbranched alkanes of at least 4 members (excludes halogenated alkanes) is 1. The summed E-state index contributed by atoms with van der Waals surface area (Å²) in [6, 6.07) is 1.92. The number of ether oxygens (including phenoxy) is 3. The van der Waals surface area contributed by atoms with E-state index >= 15 is 0 Å². The number of fused-ring (bicyclic) bond motifs is 1. The lowest BCUT2D eigenvalue weighted by atomic mass is 9.53. The second-order valence-electron chi connectivity index (χ2n) is 9.24. The molecule has 2 aliphatic carbocycles. The normalized spacial score (nSPS) is 26.4. The van der Waals surface area contributed by atoms with E-state index in [0.29, 0.717) is 24.5 Å². The number of phenols is 1. The van der Waals surface area contributed by atoms with Crippen LogP contribution in [0.5, 0.6) is 11.5 Å². The Hall–Kier alpha value is -2.80. The van der Waals surface area contributed by atoms with Gasteiger partial charge in [0.1, 0.15) is 0 Å². The van der Waals surface area contributed by atoms with Crippen LogP contribution < -0.4 is 4.74 Å². The van der Waals surface area contributed by atoms with Gasteiger partial charge in [0.05, 0.1) is 20.8 Å². The number of methoxy groups -OCH3 is 2. The third-order valence-electron chi connectivity index (χ3n) is 7.51. The van der Waals surface area contributed by atoms with Gasteiger partial charge in [0, 0.05) is 35.4 Å². The number of benzene rings is 1. The molecule has 1 aromatic rings. The molecule has 1 N–H and O–H groups in total. The number of aromatic hydroxyl groups is 1. The topological polar surface area (TPSA) is 85.3 Å². The van der Waals surface area contributed by atoms with E-state index in [1.54, 1.807) is 12.1 Å². The van der Waals surface area contributed by atoms with Crippen molar-refractivity contribution in [2.24, 2.45) is 5.92 Å². The summed E-state index contributed by atoms with van der Waals surface area (Å²) in [6.45, 7) is 3.26. The number of allylic oxidation sites excluding steroid dienone is 1. The van der Waals surface area contributed by atoms with Crippen LogP contribution in [0.25, 0.3) is 6.08 Å². The summed E-state index contributed by atoms with van der Waals surface area (Å²) >= 11 is 0. The highest BCUT2D eigenvalue weighted by Crippen LogP contribution is 2.58. The minimum atomic E-state index is -0.535. The molecule has 0 aromatic heterocycles. The van der Waals surface area contributed by atoms with Crippen molar-refractivity contribution in [2.75, 3.05) is 34.4 Å². The van der Waals surface area contributed by atoms with Gasteiger partial charge in [-0.3, -0.25) is 4.79 Å². The quantitative estimate of drug-likeness (QED) is 0.383. The fourth-order valence-corrected chi connectivity index (χ4v) is 5.80. The monoisotopic (exact) mass is 455 g/mol. The fourth-order valence-electron chi connectivity index (χ4n) is 5.80. The molecular formula is C26H33NO6. The third-order valence-corrected chi connectivity index (χ3v) is 7.51. The number of hydrogen-bond donors (Lipinski definition) is 1. The SMILES string of the molecule is CCCCOC(=O)/C=C/c1cc(OC)c(O)c2c1C[C@@H]1[C@@H]3C=C(OC)C(=O)C[C@]23CCN1C. The summed E-state index contributed by atoms with van der Waals surface area (Å²) in [7, 11) is 5.14. The Labute approximate surface area is 195 Å². The summed E-state index contributed by atoms with van der Waals surface area (Å²) < 4.78 is 16.2. The number of likely N-dealkylation sites (N-methyl/N-ethyl adjacent to an activating group) is 1. The number of hydrogen-bond acceptors (Lipinski definition) is 7. The van der Waals surface area contributed by atoms with Crippen molar-refractivity contribution in [3.8, 4) is 11.5 Å². The van der Waals surface area contributed by atoms with Gasteiger partial charge in [0.15, 0.2) is 23.0 Å². The lowest BCUT2D eigenvalue weighted by molar-refractivity contribution is -0.137. The highest BCUT2D eigenvalue weighted by Gasteiger charge is 2.57. The molecular weight excluding hydrogens is 422 g/mol. The predicted molar refractivity (Wildman–Crippen MR) is 124 cm³/mol. The molecule has 1 fully saturated rings. The van der Waals surface area contributed by atoms with Gasteiger partial charge in [0.25, 0.3) is 0 Å². The molecule has 0 saturated carbocycles. The minimum absolute atomic E-state index is 0.0326. The van der Waals surface area contributed by atoms with Crippen LogP contribution in [0, 0.1) is 5.92 Å². The van der Waals surface area contributed by atoms with Crippen molar-refractivity contribution in [3.63, 3.8) is 0 Å². The average Bonchev–Trinajstić information content (AvgIpc) is 2.80. The Morgan fingerprint density at radius 3 is 2.82 bits per heavy atom. The van der Waals surface area contributed by atoms with E-state index in [4.69, 9.17) is 14.2 Å². The maximum absolute atomic E-state index is 13.0. The molecule has 0 amide bonds. The molecule has 3 atom stereocenters. The van der Waals surface area contributed by atoms with Crippen LogP contribution in [-0.4, -0.2) is 62.2 Å². The number of phenolic OH excluding ortho intramolecular Hbond substituents is 1. The van der Waals surface area contributed by atoms with Gasteiger partial charge in [-0.25, -0.2) is 4.79 Å². The summed E-state index contributed by atoms with van der Waals surface area (Å²) in [5.41, 5.74) is 2.00. The van der Waals surface area contributed by atoms with Crippen molar-refractivity contribution in [1.82, 2.24) is 4.90 Å². The van der Waals surface area contributed by atoms with Crippen LogP contribution in [0.15, 0.2) is 24.0 Å². The first-order valence-corrected chi connectivity index (χ1v) is 11.6. The Balaban J connectivity index is 1.83. The fraction of sp³-hybridized carbons (Fsp3) is 0.538. The second-order valence-corrected chi connectivity index (χ2v) is 9.24. The predicted octanol–water partition coefficient (Wildman–Crippen LogP) is 3.37.